The minimum Gasteiger partial charge on any atom is -0.326 e. The summed E-state index contributed by atoms with van der Waals surface area (Å²) in [4.78, 5) is 9.97. The minimum absolute atomic E-state index is 0.0621. The van der Waals surface area contributed by atoms with Crippen molar-refractivity contribution < 1.29 is 4.92 Å². The van der Waals surface area contributed by atoms with Gasteiger partial charge in [0.2, 0.25) is 0 Å². The molecule has 0 aliphatic heterocycles. The second-order valence-electron chi connectivity index (χ2n) is 2.62. The molecule has 0 spiro atoms. The van der Waals surface area contributed by atoms with Gasteiger partial charge in [-0.2, -0.15) is 0 Å². The second kappa shape index (κ2) is 3.82. The van der Waals surface area contributed by atoms with Crippen LogP contribution in [0.15, 0.2) is 30.8 Å². The normalized spacial score (nSPS) is 9.62. The SMILES string of the molecule is C=C(CN)c1cccc([N+](=O)[O-])c1. The van der Waals surface area contributed by atoms with E-state index in [0.717, 1.165) is 5.56 Å². The molecular formula is C9H10N2O2. The maximum Gasteiger partial charge on any atom is 0.270 e. The molecule has 4 heteroatoms. The molecule has 0 aliphatic carbocycles. The van der Waals surface area contributed by atoms with E-state index in [1.165, 1.54) is 12.1 Å². The summed E-state index contributed by atoms with van der Waals surface area (Å²) in [6.07, 6.45) is 0. The number of nitro groups is 1. The van der Waals surface area contributed by atoms with Gasteiger partial charge in [-0.15, -0.1) is 0 Å². The number of benzene rings is 1. The highest BCUT2D eigenvalue weighted by molar-refractivity contribution is 5.66. The van der Waals surface area contributed by atoms with Crippen molar-refractivity contribution in [3.8, 4) is 0 Å². The van der Waals surface area contributed by atoms with E-state index in [9.17, 15) is 10.1 Å². The first-order valence-electron chi connectivity index (χ1n) is 3.78. The van der Waals surface area contributed by atoms with Crippen LogP contribution in [0.25, 0.3) is 5.57 Å². The zero-order valence-corrected chi connectivity index (χ0v) is 7.06. The summed E-state index contributed by atoms with van der Waals surface area (Å²) in [7, 11) is 0. The molecule has 0 aromatic heterocycles. The number of non-ortho nitro benzene ring substituents is 1. The monoisotopic (exact) mass is 178 g/mol. The van der Waals surface area contributed by atoms with Gasteiger partial charge < -0.3 is 5.73 Å². The van der Waals surface area contributed by atoms with Crippen molar-refractivity contribution >= 4 is 11.3 Å². The van der Waals surface area contributed by atoms with Crippen molar-refractivity contribution in [3.05, 3.63) is 46.5 Å². The van der Waals surface area contributed by atoms with Gasteiger partial charge in [0.25, 0.3) is 5.69 Å². The molecule has 0 saturated carbocycles. The molecule has 68 valence electrons. The van der Waals surface area contributed by atoms with Crippen LogP contribution in [0.5, 0.6) is 0 Å². The number of rotatable bonds is 3. The maximum atomic E-state index is 10.4. The van der Waals surface area contributed by atoms with Crippen LogP contribution in [0.1, 0.15) is 5.56 Å². The van der Waals surface area contributed by atoms with Gasteiger partial charge in [-0.1, -0.05) is 18.7 Å². The van der Waals surface area contributed by atoms with Gasteiger partial charge in [0.05, 0.1) is 4.92 Å². The Kier molecular flexibility index (Phi) is 2.76. The molecule has 0 unspecified atom stereocenters. The van der Waals surface area contributed by atoms with Crippen molar-refractivity contribution in [2.24, 2.45) is 5.73 Å². The number of nitrogens with two attached hydrogens (primary N) is 1. The fourth-order valence-electron chi connectivity index (χ4n) is 0.957. The number of hydrogen-bond donors (Lipinski definition) is 1. The lowest BCUT2D eigenvalue weighted by molar-refractivity contribution is -0.384. The molecule has 1 aromatic carbocycles. The number of nitro benzene ring substituents is 1. The van der Waals surface area contributed by atoms with Gasteiger partial charge in [-0.05, 0) is 11.1 Å². The summed E-state index contributed by atoms with van der Waals surface area (Å²) in [6.45, 7) is 4.00. The van der Waals surface area contributed by atoms with Gasteiger partial charge in [0, 0.05) is 18.7 Å². The summed E-state index contributed by atoms with van der Waals surface area (Å²) in [5.74, 6) is 0. The lowest BCUT2D eigenvalue weighted by Gasteiger charge is -2.01. The van der Waals surface area contributed by atoms with Crippen LogP contribution in [0.3, 0.4) is 0 Å². The van der Waals surface area contributed by atoms with Crippen molar-refractivity contribution in [2.75, 3.05) is 6.54 Å². The third-order valence-corrected chi connectivity index (χ3v) is 1.71. The molecule has 1 rings (SSSR count). The smallest absolute Gasteiger partial charge is 0.270 e. The van der Waals surface area contributed by atoms with Gasteiger partial charge >= 0.3 is 0 Å². The Morgan fingerprint density at radius 2 is 2.31 bits per heavy atom. The minimum atomic E-state index is -0.437. The Hall–Kier alpha value is -1.68. The van der Waals surface area contributed by atoms with Crippen molar-refractivity contribution in [1.82, 2.24) is 0 Å². The van der Waals surface area contributed by atoms with E-state index in [0.29, 0.717) is 12.1 Å². The molecule has 0 aliphatic rings. The fraction of sp³-hybridized carbons (Fsp3) is 0.111. The molecule has 0 amide bonds. The van der Waals surface area contributed by atoms with Crippen molar-refractivity contribution in [1.29, 1.82) is 0 Å². The van der Waals surface area contributed by atoms with Crippen LogP contribution in [0.4, 0.5) is 5.69 Å². The summed E-state index contributed by atoms with van der Waals surface area (Å²) >= 11 is 0. The van der Waals surface area contributed by atoms with Crippen LogP contribution in [-0.2, 0) is 0 Å². The van der Waals surface area contributed by atoms with E-state index in [-0.39, 0.29) is 5.69 Å². The van der Waals surface area contributed by atoms with Crippen molar-refractivity contribution in [3.63, 3.8) is 0 Å². The predicted octanol–water partition coefficient (Wildman–Crippen LogP) is 1.57. The molecular weight excluding hydrogens is 168 g/mol. The summed E-state index contributed by atoms with van der Waals surface area (Å²) in [5.41, 5.74) is 6.84. The zero-order chi connectivity index (χ0) is 9.84. The molecule has 0 fully saturated rings. The standard InChI is InChI=1S/C9H10N2O2/c1-7(6-10)8-3-2-4-9(5-8)11(12)13/h2-5H,1,6,10H2. The van der Waals surface area contributed by atoms with E-state index >= 15 is 0 Å². The fourth-order valence-corrected chi connectivity index (χ4v) is 0.957. The highest BCUT2D eigenvalue weighted by Gasteiger charge is 2.06. The Balaban J connectivity index is 3.05. The topological polar surface area (TPSA) is 69.2 Å². The third kappa shape index (κ3) is 2.13. The van der Waals surface area contributed by atoms with Crippen LogP contribution in [-0.4, -0.2) is 11.5 Å². The van der Waals surface area contributed by atoms with E-state index < -0.39 is 4.92 Å². The lowest BCUT2D eigenvalue weighted by Crippen LogP contribution is -2.01. The largest absolute Gasteiger partial charge is 0.326 e. The molecule has 0 saturated heterocycles. The average Bonchev–Trinajstić information content (AvgIpc) is 2.17. The quantitative estimate of drug-likeness (QED) is 0.564. The number of hydrogen-bond acceptors (Lipinski definition) is 3. The number of nitrogens with zero attached hydrogens (tertiary/aromatic N) is 1. The van der Waals surface area contributed by atoms with Gasteiger partial charge in [0.1, 0.15) is 0 Å². The molecule has 0 atom stereocenters. The Bertz CT molecular complexity index is 347. The van der Waals surface area contributed by atoms with E-state index in [1.54, 1.807) is 12.1 Å². The second-order valence-corrected chi connectivity index (χ2v) is 2.62. The average molecular weight is 178 g/mol. The Morgan fingerprint density at radius 3 is 2.85 bits per heavy atom. The molecule has 13 heavy (non-hydrogen) atoms. The van der Waals surface area contributed by atoms with Crippen LogP contribution < -0.4 is 5.73 Å². The van der Waals surface area contributed by atoms with Gasteiger partial charge in [0.15, 0.2) is 0 Å². The zero-order valence-electron chi connectivity index (χ0n) is 7.06. The van der Waals surface area contributed by atoms with Crippen LogP contribution in [0.2, 0.25) is 0 Å². The third-order valence-electron chi connectivity index (χ3n) is 1.71. The molecule has 2 N–H and O–H groups in total. The Morgan fingerprint density at radius 1 is 1.62 bits per heavy atom. The predicted molar refractivity (Wildman–Crippen MR) is 51.2 cm³/mol. The lowest BCUT2D eigenvalue weighted by atomic mass is 10.1. The van der Waals surface area contributed by atoms with Crippen LogP contribution >= 0.6 is 0 Å². The van der Waals surface area contributed by atoms with E-state index in [1.807, 2.05) is 0 Å². The maximum absolute atomic E-state index is 10.4. The van der Waals surface area contributed by atoms with Crippen LogP contribution in [0, 0.1) is 10.1 Å². The highest BCUT2D eigenvalue weighted by Crippen LogP contribution is 2.17. The molecule has 0 radical (unpaired) electrons. The molecule has 4 nitrogen and oxygen atoms in total. The Labute approximate surface area is 75.8 Å². The summed E-state index contributed by atoms with van der Waals surface area (Å²) < 4.78 is 0. The van der Waals surface area contributed by atoms with Crippen molar-refractivity contribution in [2.45, 2.75) is 0 Å². The van der Waals surface area contributed by atoms with Gasteiger partial charge in [-0.3, -0.25) is 10.1 Å². The first-order valence-corrected chi connectivity index (χ1v) is 3.78. The van der Waals surface area contributed by atoms with Gasteiger partial charge in [-0.25, -0.2) is 0 Å². The van der Waals surface area contributed by atoms with E-state index in [2.05, 4.69) is 6.58 Å². The first-order chi connectivity index (χ1) is 6.15. The summed E-state index contributed by atoms with van der Waals surface area (Å²) in [6, 6.07) is 6.28. The highest BCUT2D eigenvalue weighted by atomic mass is 16.6. The molecule has 0 heterocycles. The molecule has 1 aromatic rings. The summed E-state index contributed by atoms with van der Waals surface area (Å²) in [5, 5.41) is 10.4. The van der Waals surface area contributed by atoms with E-state index in [4.69, 9.17) is 5.73 Å². The first kappa shape index (κ1) is 9.41. The molecule has 0 bridgehead atoms.